The van der Waals surface area contributed by atoms with Crippen LogP contribution in [0.5, 0.6) is 5.75 Å². The maximum Gasteiger partial charge on any atom is 0.365 e. The smallest absolute Gasteiger partial charge is 0.365 e. The van der Waals surface area contributed by atoms with Crippen LogP contribution in [0.15, 0.2) is 47.6 Å². The summed E-state index contributed by atoms with van der Waals surface area (Å²) < 4.78 is 18.1. The van der Waals surface area contributed by atoms with Gasteiger partial charge in [-0.3, -0.25) is 0 Å². The van der Waals surface area contributed by atoms with Crippen LogP contribution in [0.4, 0.5) is 4.39 Å². The fourth-order valence-corrected chi connectivity index (χ4v) is 2.60. The van der Waals surface area contributed by atoms with Crippen LogP contribution in [0.3, 0.4) is 0 Å². The summed E-state index contributed by atoms with van der Waals surface area (Å²) in [6, 6.07) is 10.9. The Morgan fingerprint density at radius 2 is 1.91 bits per heavy atom. The highest BCUT2D eigenvalue weighted by Gasteiger charge is 2.17. The molecule has 2 aromatic carbocycles. The summed E-state index contributed by atoms with van der Waals surface area (Å²) >= 11 is 0. The molecule has 4 nitrogen and oxygen atoms in total. The van der Waals surface area contributed by atoms with E-state index in [1.165, 1.54) is 24.3 Å². The van der Waals surface area contributed by atoms with Gasteiger partial charge in [0, 0.05) is 5.56 Å². The fourth-order valence-electron chi connectivity index (χ4n) is 2.60. The van der Waals surface area contributed by atoms with Gasteiger partial charge in [-0.1, -0.05) is 5.16 Å². The predicted octanol–water partition coefficient (Wildman–Crippen LogP) is 3.73. The van der Waals surface area contributed by atoms with Gasteiger partial charge in [0.2, 0.25) is 0 Å². The van der Waals surface area contributed by atoms with E-state index in [0.29, 0.717) is 0 Å². The molecule has 2 aromatic rings. The summed E-state index contributed by atoms with van der Waals surface area (Å²) in [6.45, 7) is 0. The molecule has 0 radical (unpaired) electrons. The van der Waals surface area contributed by atoms with Crippen LogP contribution >= 0.6 is 0 Å². The van der Waals surface area contributed by atoms with Crippen LogP contribution in [0, 0.1) is 5.82 Å². The summed E-state index contributed by atoms with van der Waals surface area (Å²) in [5.74, 6) is -0.200. The molecule has 0 atom stereocenters. The van der Waals surface area contributed by atoms with Gasteiger partial charge < -0.3 is 9.57 Å². The number of hydrogen-bond donors (Lipinski definition) is 0. The maximum absolute atomic E-state index is 12.9. The molecular weight excluding hydrogens is 297 g/mol. The Hall–Kier alpha value is -2.69. The highest BCUT2D eigenvalue weighted by Crippen LogP contribution is 2.26. The highest BCUT2D eigenvalue weighted by atomic mass is 19.1. The van der Waals surface area contributed by atoms with Crippen molar-refractivity contribution in [3.8, 4) is 5.75 Å². The summed E-state index contributed by atoms with van der Waals surface area (Å²) in [5.41, 5.74) is 3.11. The molecule has 0 N–H and O–H groups in total. The van der Waals surface area contributed by atoms with Gasteiger partial charge in [0.15, 0.2) is 0 Å². The third kappa shape index (κ3) is 3.39. The summed E-state index contributed by atoms with van der Waals surface area (Å²) in [6.07, 6.45) is 2.63. The fraction of sp³-hybridized carbons (Fsp3) is 0.222. The Morgan fingerprint density at radius 1 is 1.13 bits per heavy atom. The Bertz CT molecular complexity index is 753. The zero-order valence-corrected chi connectivity index (χ0v) is 12.7. The number of aryl methyl sites for hydroxylation is 1. The van der Waals surface area contributed by atoms with Crippen molar-refractivity contribution < 1.29 is 18.8 Å². The molecule has 0 heterocycles. The van der Waals surface area contributed by atoms with Crippen molar-refractivity contribution in [2.24, 2.45) is 5.16 Å². The Kier molecular flexibility index (Phi) is 4.37. The van der Waals surface area contributed by atoms with E-state index >= 15 is 0 Å². The molecule has 0 aromatic heterocycles. The Labute approximate surface area is 133 Å². The number of oxime groups is 1. The SMILES string of the molecule is COc1ccc2c(c1)CCCC2=NOC(=O)c1ccc(F)cc1. The van der Waals surface area contributed by atoms with Gasteiger partial charge in [-0.2, -0.15) is 0 Å². The van der Waals surface area contributed by atoms with Gasteiger partial charge in [-0.15, -0.1) is 0 Å². The molecule has 0 fully saturated rings. The predicted molar refractivity (Wildman–Crippen MR) is 84.3 cm³/mol. The van der Waals surface area contributed by atoms with Gasteiger partial charge in [-0.05, 0) is 67.3 Å². The quantitative estimate of drug-likeness (QED) is 0.641. The maximum atomic E-state index is 12.9. The van der Waals surface area contributed by atoms with Crippen LogP contribution in [-0.2, 0) is 11.3 Å². The zero-order valence-electron chi connectivity index (χ0n) is 12.7. The first-order valence-corrected chi connectivity index (χ1v) is 7.38. The molecule has 1 aliphatic carbocycles. The van der Waals surface area contributed by atoms with Crippen molar-refractivity contribution in [3.05, 3.63) is 65.0 Å². The third-order valence-corrected chi connectivity index (χ3v) is 3.80. The second kappa shape index (κ2) is 6.60. The van der Waals surface area contributed by atoms with Crippen LogP contribution in [0.2, 0.25) is 0 Å². The monoisotopic (exact) mass is 313 g/mol. The normalized spacial score (nSPS) is 15.1. The van der Waals surface area contributed by atoms with E-state index in [4.69, 9.17) is 9.57 Å². The number of methoxy groups -OCH3 is 1. The lowest BCUT2D eigenvalue weighted by Crippen LogP contribution is -2.13. The van der Waals surface area contributed by atoms with Gasteiger partial charge in [0.25, 0.3) is 0 Å². The highest BCUT2D eigenvalue weighted by molar-refractivity contribution is 6.03. The van der Waals surface area contributed by atoms with Crippen LogP contribution in [0.1, 0.15) is 34.3 Å². The lowest BCUT2D eigenvalue weighted by molar-refractivity contribution is 0.0515. The number of fused-ring (bicyclic) bond motifs is 1. The van der Waals surface area contributed by atoms with Crippen molar-refractivity contribution in [1.82, 2.24) is 0 Å². The number of halogens is 1. The molecule has 3 rings (SSSR count). The topological polar surface area (TPSA) is 47.9 Å². The Morgan fingerprint density at radius 3 is 2.65 bits per heavy atom. The molecule has 5 heteroatoms. The molecule has 0 amide bonds. The molecule has 0 saturated carbocycles. The second-order valence-electron chi connectivity index (χ2n) is 5.30. The summed E-state index contributed by atoms with van der Waals surface area (Å²) in [5, 5.41) is 4.01. The first-order valence-electron chi connectivity index (χ1n) is 7.38. The van der Waals surface area contributed by atoms with Gasteiger partial charge >= 0.3 is 5.97 Å². The van der Waals surface area contributed by atoms with Crippen molar-refractivity contribution in [3.63, 3.8) is 0 Å². The van der Waals surface area contributed by atoms with Gasteiger partial charge in [0.1, 0.15) is 11.6 Å². The third-order valence-electron chi connectivity index (χ3n) is 3.80. The molecule has 0 aliphatic heterocycles. The minimum Gasteiger partial charge on any atom is -0.497 e. The number of carbonyl (C=O) groups excluding carboxylic acids is 1. The Balaban J connectivity index is 1.79. The lowest BCUT2D eigenvalue weighted by atomic mass is 9.90. The largest absolute Gasteiger partial charge is 0.497 e. The van der Waals surface area contributed by atoms with E-state index in [1.54, 1.807) is 7.11 Å². The number of carbonyl (C=O) groups is 1. The zero-order chi connectivity index (χ0) is 16.2. The van der Waals surface area contributed by atoms with Crippen molar-refractivity contribution in [1.29, 1.82) is 0 Å². The molecular formula is C18H16FNO3. The number of hydrogen-bond acceptors (Lipinski definition) is 4. The average molecular weight is 313 g/mol. The van der Waals surface area contributed by atoms with E-state index in [9.17, 15) is 9.18 Å². The average Bonchev–Trinajstić information content (AvgIpc) is 2.59. The van der Waals surface area contributed by atoms with Gasteiger partial charge in [0.05, 0.1) is 18.4 Å². The molecule has 118 valence electrons. The van der Waals surface area contributed by atoms with E-state index in [-0.39, 0.29) is 5.56 Å². The number of benzene rings is 2. The van der Waals surface area contributed by atoms with E-state index in [2.05, 4.69) is 5.16 Å². The molecule has 23 heavy (non-hydrogen) atoms. The number of ether oxygens (including phenoxy) is 1. The van der Waals surface area contributed by atoms with E-state index < -0.39 is 11.8 Å². The van der Waals surface area contributed by atoms with Crippen LogP contribution in [-0.4, -0.2) is 18.8 Å². The van der Waals surface area contributed by atoms with Gasteiger partial charge in [-0.25, -0.2) is 9.18 Å². The van der Waals surface area contributed by atoms with E-state index in [1.807, 2.05) is 18.2 Å². The lowest BCUT2D eigenvalue weighted by Gasteiger charge is -2.17. The van der Waals surface area contributed by atoms with Crippen molar-refractivity contribution in [2.75, 3.05) is 7.11 Å². The molecule has 0 bridgehead atoms. The summed E-state index contributed by atoms with van der Waals surface area (Å²) in [4.78, 5) is 17.0. The number of rotatable bonds is 3. The first-order chi connectivity index (χ1) is 11.2. The molecule has 0 saturated heterocycles. The van der Waals surface area contributed by atoms with Crippen molar-refractivity contribution >= 4 is 11.7 Å². The molecule has 0 unspecified atom stereocenters. The molecule has 1 aliphatic rings. The van der Waals surface area contributed by atoms with Crippen LogP contribution < -0.4 is 4.74 Å². The van der Waals surface area contributed by atoms with Crippen molar-refractivity contribution in [2.45, 2.75) is 19.3 Å². The second-order valence-corrected chi connectivity index (χ2v) is 5.30. The van der Waals surface area contributed by atoms with E-state index in [0.717, 1.165) is 41.9 Å². The minimum atomic E-state index is -0.599. The number of nitrogens with zero attached hydrogens (tertiary/aromatic N) is 1. The minimum absolute atomic E-state index is 0.265. The van der Waals surface area contributed by atoms with Crippen LogP contribution in [0.25, 0.3) is 0 Å². The first kappa shape index (κ1) is 15.2. The standard InChI is InChI=1S/C18H16FNO3/c1-22-15-9-10-16-13(11-15)3-2-4-17(16)20-23-18(21)12-5-7-14(19)8-6-12/h5-11H,2-4H2,1H3. The summed E-state index contributed by atoms with van der Waals surface area (Å²) in [7, 11) is 1.63. The molecule has 0 spiro atoms.